The molecule has 0 heterocycles. The Bertz CT molecular complexity index is 196. The van der Waals surface area contributed by atoms with Crippen molar-refractivity contribution in [3.05, 3.63) is 0 Å². The van der Waals surface area contributed by atoms with Crippen molar-refractivity contribution >= 4 is 0 Å². The predicted octanol–water partition coefficient (Wildman–Crippen LogP) is 5.91. The average Bonchev–Trinajstić information content (AvgIpc) is 2.91. The maximum absolute atomic E-state index is 2.47. The Morgan fingerprint density at radius 3 is 2.06 bits per heavy atom. The molecule has 1 aliphatic rings. The molecule has 1 fully saturated rings. The summed E-state index contributed by atoms with van der Waals surface area (Å²) in [6, 6.07) is 0. The van der Waals surface area contributed by atoms with Crippen molar-refractivity contribution in [3.63, 3.8) is 0 Å². The quantitative estimate of drug-likeness (QED) is 0.468. The molecule has 0 aromatic heterocycles. The molecule has 0 heteroatoms. The van der Waals surface area contributed by atoms with Crippen LogP contribution in [-0.2, 0) is 0 Å². The van der Waals surface area contributed by atoms with Gasteiger partial charge in [-0.1, -0.05) is 60.3 Å². The lowest BCUT2D eigenvalue weighted by atomic mass is 9.87. The molecule has 17 heavy (non-hydrogen) atoms. The Kier molecular flexibility index (Phi) is 6.59. The normalized spacial score (nSPS) is 28.8. The summed E-state index contributed by atoms with van der Waals surface area (Å²) < 4.78 is 0. The molecule has 0 spiro atoms. The van der Waals surface area contributed by atoms with Crippen molar-refractivity contribution in [1.82, 2.24) is 0 Å². The fraction of sp³-hybridized carbons (Fsp3) is 1.00. The van der Waals surface area contributed by atoms with Crippen molar-refractivity contribution in [2.75, 3.05) is 0 Å². The highest BCUT2D eigenvalue weighted by molar-refractivity contribution is 4.83. The fourth-order valence-corrected chi connectivity index (χ4v) is 3.35. The van der Waals surface area contributed by atoms with Crippen molar-refractivity contribution in [3.8, 4) is 0 Å². The highest BCUT2D eigenvalue weighted by Crippen LogP contribution is 2.43. The van der Waals surface area contributed by atoms with Crippen LogP contribution in [0.25, 0.3) is 0 Å². The van der Waals surface area contributed by atoms with Crippen LogP contribution in [-0.4, -0.2) is 0 Å². The van der Waals surface area contributed by atoms with Gasteiger partial charge in [0.1, 0.15) is 0 Å². The van der Waals surface area contributed by atoms with E-state index in [0.29, 0.717) is 0 Å². The summed E-state index contributed by atoms with van der Waals surface area (Å²) >= 11 is 0. The summed E-state index contributed by atoms with van der Waals surface area (Å²) in [5.74, 6) is 4.97. The average molecular weight is 238 g/mol. The minimum absolute atomic E-state index is 0.943. The van der Waals surface area contributed by atoms with Crippen molar-refractivity contribution < 1.29 is 0 Å². The molecule has 0 aromatic carbocycles. The summed E-state index contributed by atoms with van der Waals surface area (Å²) in [5, 5.41) is 0. The summed E-state index contributed by atoms with van der Waals surface area (Å²) in [6.45, 7) is 12.1. The van der Waals surface area contributed by atoms with Crippen LogP contribution >= 0.6 is 0 Å². The first kappa shape index (κ1) is 15.1. The Hall–Kier alpha value is 0. The molecule has 0 aromatic rings. The lowest BCUT2D eigenvalue weighted by Gasteiger charge is -2.19. The molecule has 0 aliphatic heterocycles. The standard InChI is InChI=1S/C17H34/c1-6-7-13(2)8-9-14(3)10-15(4)11-17-12-16(17)5/h13-17H,6-12H2,1-5H3. The number of hydrogen-bond donors (Lipinski definition) is 0. The van der Waals surface area contributed by atoms with E-state index in [9.17, 15) is 0 Å². The van der Waals surface area contributed by atoms with Gasteiger partial charge in [-0.15, -0.1) is 0 Å². The maximum Gasteiger partial charge on any atom is -0.0383 e. The van der Waals surface area contributed by atoms with E-state index in [1.165, 1.54) is 44.9 Å². The molecule has 0 nitrogen and oxygen atoms in total. The van der Waals surface area contributed by atoms with Crippen molar-refractivity contribution in [2.24, 2.45) is 29.6 Å². The van der Waals surface area contributed by atoms with Crippen LogP contribution in [0.15, 0.2) is 0 Å². The molecule has 5 unspecified atom stereocenters. The van der Waals surface area contributed by atoms with Gasteiger partial charge in [0.15, 0.2) is 0 Å². The van der Waals surface area contributed by atoms with Crippen LogP contribution in [0.3, 0.4) is 0 Å². The van der Waals surface area contributed by atoms with Crippen LogP contribution in [0.2, 0.25) is 0 Å². The first-order valence-corrected chi connectivity index (χ1v) is 8.02. The van der Waals surface area contributed by atoms with E-state index >= 15 is 0 Å². The van der Waals surface area contributed by atoms with E-state index in [2.05, 4.69) is 34.6 Å². The van der Waals surface area contributed by atoms with Crippen LogP contribution in [0.5, 0.6) is 0 Å². The van der Waals surface area contributed by atoms with E-state index < -0.39 is 0 Å². The van der Waals surface area contributed by atoms with Gasteiger partial charge in [0.05, 0.1) is 0 Å². The Labute approximate surface area is 110 Å². The molecular weight excluding hydrogens is 204 g/mol. The van der Waals surface area contributed by atoms with Gasteiger partial charge in [-0.25, -0.2) is 0 Å². The lowest BCUT2D eigenvalue weighted by molar-refractivity contribution is 0.332. The minimum Gasteiger partial charge on any atom is -0.0654 e. The zero-order valence-corrected chi connectivity index (χ0v) is 12.8. The lowest BCUT2D eigenvalue weighted by Crippen LogP contribution is -2.06. The van der Waals surface area contributed by atoms with Gasteiger partial charge in [-0.3, -0.25) is 0 Å². The molecule has 0 bridgehead atoms. The van der Waals surface area contributed by atoms with E-state index in [0.717, 1.165) is 29.6 Å². The van der Waals surface area contributed by atoms with Crippen molar-refractivity contribution in [1.29, 1.82) is 0 Å². The van der Waals surface area contributed by atoms with Gasteiger partial charge < -0.3 is 0 Å². The van der Waals surface area contributed by atoms with E-state index in [1.807, 2.05) is 0 Å². The third kappa shape index (κ3) is 6.48. The molecule has 5 atom stereocenters. The molecule has 1 saturated carbocycles. The molecule has 0 amide bonds. The zero-order chi connectivity index (χ0) is 12.8. The predicted molar refractivity (Wildman–Crippen MR) is 78.1 cm³/mol. The summed E-state index contributed by atoms with van der Waals surface area (Å²) in [5.41, 5.74) is 0. The van der Waals surface area contributed by atoms with Gasteiger partial charge in [0.25, 0.3) is 0 Å². The molecule has 102 valence electrons. The Balaban J connectivity index is 2.04. The summed E-state index contributed by atoms with van der Waals surface area (Å²) in [7, 11) is 0. The molecule has 1 aliphatic carbocycles. The van der Waals surface area contributed by atoms with Gasteiger partial charge in [0.2, 0.25) is 0 Å². The summed E-state index contributed by atoms with van der Waals surface area (Å²) in [4.78, 5) is 0. The van der Waals surface area contributed by atoms with E-state index in [4.69, 9.17) is 0 Å². The molecule has 0 N–H and O–H groups in total. The Morgan fingerprint density at radius 2 is 1.53 bits per heavy atom. The monoisotopic (exact) mass is 238 g/mol. The smallest absolute Gasteiger partial charge is 0.0383 e. The highest BCUT2D eigenvalue weighted by Gasteiger charge is 2.33. The SMILES string of the molecule is CCCC(C)CCC(C)CC(C)CC1CC1C. The molecule has 1 rings (SSSR count). The van der Waals surface area contributed by atoms with Gasteiger partial charge >= 0.3 is 0 Å². The topological polar surface area (TPSA) is 0 Å². The first-order chi connectivity index (χ1) is 8.02. The van der Waals surface area contributed by atoms with Crippen LogP contribution < -0.4 is 0 Å². The molecule has 0 radical (unpaired) electrons. The second-order valence-electron chi connectivity index (χ2n) is 7.13. The zero-order valence-electron chi connectivity index (χ0n) is 12.8. The van der Waals surface area contributed by atoms with Gasteiger partial charge in [-0.2, -0.15) is 0 Å². The summed E-state index contributed by atoms with van der Waals surface area (Å²) in [6.07, 6.45) is 10.1. The number of hydrogen-bond acceptors (Lipinski definition) is 0. The van der Waals surface area contributed by atoms with Crippen LogP contribution in [0.4, 0.5) is 0 Å². The third-order valence-electron chi connectivity index (χ3n) is 4.72. The van der Waals surface area contributed by atoms with Gasteiger partial charge in [-0.05, 0) is 48.9 Å². The van der Waals surface area contributed by atoms with Crippen molar-refractivity contribution in [2.45, 2.75) is 79.6 Å². The first-order valence-electron chi connectivity index (χ1n) is 8.02. The highest BCUT2D eigenvalue weighted by atomic mass is 14.4. The van der Waals surface area contributed by atoms with Crippen LogP contribution in [0.1, 0.15) is 79.6 Å². The molecule has 0 saturated heterocycles. The third-order valence-corrected chi connectivity index (χ3v) is 4.72. The van der Waals surface area contributed by atoms with E-state index in [-0.39, 0.29) is 0 Å². The second kappa shape index (κ2) is 7.44. The Morgan fingerprint density at radius 1 is 0.941 bits per heavy atom. The molecular formula is C17H34. The largest absolute Gasteiger partial charge is 0.0654 e. The second-order valence-corrected chi connectivity index (χ2v) is 7.13. The van der Waals surface area contributed by atoms with Gasteiger partial charge in [0, 0.05) is 0 Å². The maximum atomic E-state index is 2.47. The minimum atomic E-state index is 0.943. The fourth-order valence-electron chi connectivity index (χ4n) is 3.35. The number of rotatable bonds is 9. The van der Waals surface area contributed by atoms with Crippen LogP contribution in [0, 0.1) is 29.6 Å². The van der Waals surface area contributed by atoms with E-state index in [1.54, 1.807) is 0 Å².